The molecule has 0 atom stereocenters. The molecule has 3 rings (SSSR count). The number of hydrogen-bond donors (Lipinski definition) is 0. The minimum atomic E-state index is 0.513. The minimum Gasteiger partial charge on any atom is -0.319 e. The van der Waals surface area contributed by atoms with E-state index in [1.165, 1.54) is 44.0 Å². The Labute approximate surface area is 188 Å². The Morgan fingerprint density at radius 1 is 1.13 bits per heavy atom. The van der Waals surface area contributed by atoms with Crippen molar-refractivity contribution in [1.82, 2.24) is 9.47 Å². The van der Waals surface area contributed by atoms with Crippen LogP contribution in [-0.4, -0.2) is 35.9 Å². The number of hydrogen-bond acceptors (Lipinski definition) is 2. The second-order valence-corrected chi connectivity index (χ2v) is 7.60. The highest BCUT2D eigenvalue weighted by Crippen LogP contribution is 2.27. The predicted molar refractivity (Wildman–Crippen MR) is 132 cm³/mol. The van der Waals surface area contributed by atoms with Crippen molar-refractivity contribution >= 4 is 24.0 Å². The van der Waals surface area contributed by atoms with Gasteiger partial charge in [-0.05, 0) is 70.1 Å². The van der Waals surface area contributed by atoms with E-state index in [9.17, 15) is 4.79 Å². The van der Waals surface area contributed by atoms with Crippen molar-refractivity contribution in [3.8, 4) is 5.69 Å². The van der Waals surface area contributed by atoms with Gasteiger partial charge >= 0.3 is 0 Å². The molecule has 0 N–H and O–H groups in total. The van der Waals surface area contributed by atoms with E-state index in [0.717, 1.165) is 29.7 Å². The lowest BCUT2D eigenvalue weighted by atomic mass is 10.1. The fraction of sp³-hybridized carbons (Fsp3) is 0.423. The largest absolute Gasteiger partial charge is 0.319 e. The van der Waals surface area contributed by atoms with E-state index in [1.807, 2.05) is 31.5 Å². The molecule has 0 amide bonds. The van der Waals surface area contributed by atoms with Crippen LogP contribution in [0.5, 0.6) is 0 Å². The lowest BCUT2D eigenvalue weighted by Gasteiger charge is -2.20. The quantitative estimate of drug-likeness (QED) is 0.294. The van der Waals surface area contributed by atoms with Gasteiger partial charge in [0.1, 0.15) is 6.29 Å². The van der Waals surface area contributed by atoms with Crippen molar-refractivity contribution in [2.24, 2.45) is 0 Å². The number of aryl methyl sites for hydroxylation is 1. The van der Waals surface area contributed by atoms with Crippen LogP contribution in [0.3, 0.4) is 0 Å². The van der Waals surface area contributed by atoms with Gasteiger partial charge in [-0.1, -0.05) is 63.6 Å². The van der Waals surface area contributed by atoms with Crippen molar-refractivity contribution in [2.45, 2.75) is 53.4 Å². The second-order valence-electron chi connectivity index (χ2n) is 7.20. The molecule has 2 heterocycles. The number of benzene rings is 1. The van der Waals surface area contributed by atoms with Crippen LogP contribution in [-0.2, 0) is 11.2 Å². The Balaban J connectivity index is 0.000000418. The monoisotopic (exact) mass is 428 g/mol. The highest BCUT2D eigenvalue weighted by molar-refractivity contribution is 6.32. The summed E-state index contributed by atoms with van der Waals surface area (Å²) in [6, 6.07) is 8.37. The molecule has 0 saturated carbocycles. The molecule has 4 heteroatoms. The summed E-state index contributed by atoms with van der Waals surface area (Å²) in [5.74, 6) is 0. The first-order valence-corrected chi connectivity index (χ1v) is 11.3. The third-order valence-corrected chi connectivity index (χ3v) is 5.44. The highest BCUT2D eigenvalue weighted by Gasteiger charge is 2.11. The first kappa shape index (κ1) is 25.9. The maximum Gasteiger partial charge on any atom is 0.150 e. The zero-order chi connectivity index (χ0) is 22.5. The van der Waals surface area contributed by atoms with E-state index in [-0.39, 0.29) is 0 Å². The summed E-state index contributed by atoms with van der Waals surface area (Å²) in [4.78, 5) is 13.3. The normalized spacial score (nSPS) is 14.1. The average Bonchev–Trinajstić information content (AvgIpc) is 3.07. The van der Waals surface area contributed by atoms with Crippen LogP contribution in [0.2, 0.25) is 5.02 Å². The van der Waals surface area contributed by atoms with Gasteiger partial charge in [-0.3, -0.25) is 4.79 Å². The molecule has 1 aromatic heterocycles. The third-order valence-electron chi connectivity index (χ3n) is 5.14. The summed E-state index contributed by atoms with van der Waals surface area (Å²) in [7, 11) is 2.19. The number of allylic oxidation sites excluding steroid dienone is 2. The molecule has 1 aliphatic heterocycles. The Morgan fingerprint density at radius 3 is 2.17 bits per heavy atom. The van der Waals surface area contributed by atoms with Crippen molar-refractivity contribution < 1.29 is 4.79 Å². The topological polar surface area (TPSA) is 25.2 Å². The van der Waals surface area contributed by atoms with Crippen molar-refractivity contribution in [1.29, 1.82) is 0 Å². The van der Waals surface area contributed by atoms with E-state index < -0.39 is 0 Å². The molecule has 0 unspecified atom stereocenters. The zero-order valence-electron chi connectivity index (χ0n) is 19.2. The van der Waals surface area contributed by atoms with Gasteiger partial charge in [0, 0.05) is 28.7 Å². The fourth-order valence-corrected chi connectivity index (χ4v) is 3.56. The van der Waals surface area contributed by atoms with Crippen molar-refractivity contribution in [2.75, 3.05) is 20.1 Å². The number of halogens is 1. The van der Waals surface area contributed by atoms with E-state index in [0.29, 0.717) is 10.6 Å². The van der Waals surface area contributed by atoms with E-state index in [4.69, 9.17) is 11.6 Å². The maximum absolute atomic E-state index is 10.9. The molecule has 1 aromatic carbocycles. The van der Waals surface area contributed by atoms with Crippen LogP contribution in [0, 0.1) is 6.92 Å². The van der Waals surface area contributed by atoms with Crippen LogP contribution in [0.4, 0.5) is 0 Å². The van der Waals surface area contributed by atoms with Crippen LogP contribution in [0.25, 0.3) is 11.8 Å². The summed E-state index contributed by atoms with van der Waals surface area (Å²) < 4.78 is 2.03. The van der Waals surface area contributed by atoms with Crippen LogP contribution in [0.1, 0.15) is 56.9 Å². The number of aromatic nitrogens is 1. The first-order chi connectivity index (χ1) is 14.5. The summed E-state index contributed by atoms with van der Waals surface area (Å²) in [5, 5.41) is 0.619. The lowest BCUT2D eigenvalue weighted by Crippen LogP contribution is -2.24. The molecule has 1 fully saturated rings. The predicted octanol–water partition coefficient (Wildman–Crippen LogP) is 6.90. The van der Waals surface area contributed by atoms with Crippen LogP contribution in [0.15, 0.2) is 48.7 Å². The number of piperidine rings is 1. The smallest absolute Gasteiger partial charge is 0.150 e. The highest BCUT2D eigenvalue weighted by atomic mass is 35.5. The van der Waals surface area contributed by atoms with Gasteiger partial charge < -0.3 is 9.47 Å². The summed E-state index contributed by atoms with van der Waals surface area (Å²) in [5.41, 5.74) is 4.70. The molecule has 0 bridgehead atoms. The number of likely N-dealkylation sites (tertiary alicyclic amines) is 1. The van der Waals surface area contributed by atoms with E-state index in [1.54, 1.807) is 6.08 Å². The van der Waals surface area contributed by atoms with Crippen LogP contribution >= 0.6 is 11.6 Å². The van der Waals surface area contributed by atoms with Gasteiger partial charge in [-0.15, -0.1) is 0 Å². The standard InChI is InChI=1S/C18H18ClNO.C6H13N.C2H6/c1-4-14-6-8-16(9-7-14)20-11-18(19)17(13(20)3)10-15(5-2)12-21;1-7-5-3-2-4-6-7;1-2/h5-12H,2,4H2,1,3H3;2-6H2,1H3;1-2H3/b15-10+;;. The first-order valence-electron chi connectivity index (χ1n) is 10.9. The number of nitrogens with zero attached hydrogens (tertiary/aromatic N) is 2. The lowest BCUT2D eigenvalue weighted by molar-refractivity contribution is -0.104. The number of rotatable bonds is 5. The van der Waals surface area contributed by atoms with E-state index in [2.05, 4.69) is 49.7 Å². The van der Waals surface area contributed by atoms with Crippen LogP contribution < -0.4 is 0 Å². The summed E-state index contributed by atoms with van der Waals surface area (Å²) in [6.45, 7) is 14.4. The molecule has 164 valence electrons. The van der Waals surface area contributed by atoms with Gasteiger partial charge in [0.05, 0.1) is 5.02 Å². The van der Waals surface area contributed by atoms with Crippen molar-refractivity contribution in [3.05, 3.63) is 70.5 Å². The maximum atomic E-state index is 10.9. The van der Waals surface area contributed by atoms with Gasteiger partial charge in [0.15, 0.2) is 0 Å². The van der Waals surface area contributed by atoms with E-state index >= 15 is 0 Å². The molecule has 3 nitrogen and oxygen atoms in total. The molecule has 2 aromatic rings. The van der Waals surface area contributed by atoms with Gasteiger partial charge in [-0.25, -0.2) is 0 Å². The van der Waals surface area contributed by atoms with Crippen molar-refractivity contribution in [3.63, 3.8) is 0 Å². The molecule has 0 spiro atoms. The Bertz CT molecular complexity index is 802. The molecule has 30 heavy (non-hydrogen) atoms. The number of aldehydes is 1. The molecule has 1 aliphatic rings. The Kier molecular flexibility index (Phi) is 12.1. The molecule has 0 aliphatic carbocycles. The fourth-order valence-electron chi connectivity index (χ4n) is 3.28. The zero-order valence-corrected chi connectivity index (χ0v) is 20.0. The number of carbonyl (C=O) groups excluding carboxylic acids is 1. The molecule has 0 radical (unpaired) electrons. The Hall–Kier alpha value is -2.10. The van der Waals surface area contributed by atoms with Gasteiger partial charge in [0.2, 0.25) is 0 Å². The third kappa shape index (κ3) is 7.62. The molecular formula is C26H37ClN2O. The summed E-state index contributed by atoms with van der Waals surface area (Å²) in [6.07, 6.45) is 11.2. The van der Waals surface area contributed by atoms with Gasteiger partial charge in [-0.2, -0.15) is 0 Å². The molecule has 1 saturated heterocycles. The Morgan fingerprint density at radius 2 is 1.73 bits per heavy atom. The average molecular weight is 429 g/mol. The minimum absolute atomic E-state index is 0.513. The second kappa shape index (κ2) is 14.0. The van der Waals surface area contributed by atoms with Gasteiger partial charge in [0.25, 0.3) is 0 Å². The SMILES string of the molecule is C=C/C(C=O)=C\c1c(Cl)cn(-c2ccc(CC)cc2)c1C.CC.CN1CCCCC1. The summed E-state index contributed by atoms with van der Waals surface area (Å²) >= 11 is 6.30. The number of carbonyl (C=O) groups is 1. The molecular weight excluding hydrogens is 392 g/mol.